The number of pyridine rings is 1. The van der Waals surface area contributed by atoms with Crippen LogP contribution in [0.25, 0.3) is 10.9 Å². The number of hydrogen-bond donors (Lipinski definition) is 2. The van der Waals surface area contributed by atoms with Crippen molar-refractivity contribution in [3.63, 3.8) is 0 Å². The quantitative estimate of drug-likeness (QED) is 0.749. The minimum absolute atomic E-state index is 0.0840. The number of rotatable bonds is 3. The van der Waals surface area contributed by atoms with Crippen molar-refractivity contribution in [2.24, 2.45) is 0 Å². The summed E-state index contributed by atoms with van der Waals surface area (Å²) in [5.41, 5.74) is 3.13. The van der Waals surface area contributed by atoms with Crippen LogP contribution in [-0.2, 0) is 4.79 Å². The average molecular weight is 406 g/mol. The fourth-order valence-corrected chi connectivity index (χ4v) is 3.78. The highest BCUT2D eigenvalue weighted by molar-refractivity contribution is 5.99. The number of carbonyl (C=O) groups excluding carboxylic acids is 1. The van der Waals surface area contributed by atoms with Crippen LogP contribution in [0.3, 0.4) is 0 Å². The number of carbonyl (C=O) groups is 2. The number of halogens is 2. The molecule has 3 N–H and O–H groups in total. The number of aromatic carboxylic acids is 1. The molecule has 1 aromatic heterocycles. The lowest BCUT2D eigenvalue weighted by atomic mass is 10.1. The highest BCUT2D eigenvalue weighted by Gasteiger charge is 2.33. The lowest BCUT2D eigenvalue weighted by molar-refractivity contribution is -0.129. The molecule has 0 spiro atoms. The van der Waals surface area contributed by atoms with E-state index in [1.54, 1.807) is 7.05 Å². The first-order valence-corrected chi connectivity index (χ1v) is 9.29. The van der Waals surface area contributed by atoms with Crippen LogP contribution in [0.4, 0.5) is 20.2 Å². The first-order chi connectivity index (χ1) is 13.7. The summed E-state index contributed by atoms with van der Waals surface area (Å²) in [6.45, 7) is 0.577. The molecule has 2 aliphatic rings. The summed E-state index contributed by atoms with van der Waals surface area (Å²) >= 11 is 0. The summed E-state index contributed by atoms with van der Waals surface area (Å²) < 4.78 is 32.2. The van der Waals surface area contributed by atoms with Crippen LogP contribution in [0, 0.1) is 11.6 Å². The van der Waals surface area contributed by atoms with E-state index in [2.05, 4.69) is 0 Å². The number of anilines is 2. The van der Waals surface area contributed by atoms with Crippen LogP contribution in [0.5, 0.6) is 0 Å². The molecule has 4 rings (SSSR count). The zero-order valence-corrected chi connectivity index (χ0v) is 15.7. The maximum atomic E-state index is 15.6. The van der Waals surface area contributed by atoms with Crippen molar-refractivity contribution in [3.05, 3.63) is 33.6 Å². The molecule has 2 aromatic rings. The fourth-order valence-electron chi connectivity index (χ4n) is 3.78. The zero-order valence-electron chi connectivity index (χ0n) is 15.7. The van der Waals surface area contributed by atoms with E-state index in [-0.39, 0.29) is 43.5 Å². The standard InChI is InChI=1S/C19H20F2N4O4/c1-23-6-7-24(5-4-11(23)26)17-13(20)15(22)12-16(14(17)21)25(9-2-3-9)8-10(18(12)27)19(28)29/h8-9H,2-7,22H2,1H3,(H,28,29). The molecule has 0 bridgehead atoms. The van der Waals surface area contributed by atoms with Crippen LogP contribution in [0.15, 0.2) is 11.0 Å². The third kappa shape index (κ3) is 2.99. The predicted molar refractivity (Wildman–Crippen MR) is 102 cm³/mol. The van der Waals surface area contributed by atoms with Crippen molar-refractivity contribution in [1.29, 1.82) is 0 Å². The van der Waals surface area contributed by atoms with E-state index in [9.17, 15) is 19.5 Å². The molecule has 10 heteroatoms. The molecule has 1 saturated carbocycles. The van der Waals surface area contributed by atoms with E-state index in [1.165, 1.54) is 14.4 Å². The number of fused-ring (bicyclic) bond motifs is 1. The predicted octanol–water partition coefficient (Wildman–Crippen LogP) is 1.56. The van der Waals surface area contributed by atoms with Crippen molar-refractivity contribution in [2.45, 2.75) is 25.3 Å². The number of amides is 1. The Bertz CT molecular complexity index is 1110. The summed E-state index contributed by atoms with van der Waals surface area (Å²) in [5, 5.41) is 8.87. The molecule has 154 valence electrons. The van der Waals surface area contributed by atoms with Crippen molar-refractivity contribution in [3.8, 4) is 0 Å². The number of nitrogens with two attached hydrogens (primary N) is 1. The molecule has 1 aromatic carbocycles. The van der Waals surface area contributed by atoms with Gasteiger partial charge in [0.15, 0.2) is 11.6 Å². The Morgan fingerprint density at radius 2 is 1.86 bits per heavy atom. The number of benzene rings is 1. The summed E-state index contributed by atoms with van der Waals surface area (Å²) in [5.74, 6) is -3.70. The molecule has 1 aliphatic heterocycles. The third-order valence-electron chi connectivity index (χ3n) is 5.58. The lowest BCUT2D eigenvalue weighted by Gasteiger charge is -2.26. The summed E-state index contributed by atoms with van der Waals surface area (Å²) in [7, 11) is 1.62. The number of aromatic nitrogens is 1. The molecule has 1 saturated heterocycles. The Morgan fingerprint density at radius 1 is 1.17 bits per heavy atom. The van der Waals surface area contributed by atoms with Crippen LogP contribution in [0.1, 0.15) is 35.7 Å². The number of nitrogens with zero attached hydrogens (tertiary/aromatic N) is 3. The van der Waals surface area contributed by atoms with Gasteiger partial charge in [-0.15, -0.1) is 0 Å². The SMILES string of the molecule is CN1CCN(c2c(F)c(N)c3c(=O)c(C(=O)O)cn(C4CC4)c3c2F)CCC1=O. The Hall–Kier alpha value is -3.17. The lowest BCUT2D eigenvalue weighted by Crippen LogP contribution is -2.31. The second-order valence-electron chi connectivity index (χ2n) is 7.48. The molecule has 29 heavy (non-hydrogen) atoms. The van der Waals surface area contributed by atoms with Gasteiger partial charge in [0.1, 0.15) is 11.3 Å². The minimum Gasteiger partial charge on any atom is -0.477 e. The van der Waals surface area contributed by atoms with Crippen molar-refractivity contribution in [2.75, 3.05) is 37.3 Å². The van der Waals surface area contributed by atoms with Gasteiger partial charge in [-0.3, -0.25) is 9.59 Å². The smallest absolute Gasteiger partial charge is 0.341 e. The number of nitrogen functional groups attached to an aromatic ring is 1. The van der Waals surface area contributed by atoms with Crippen molar-refractivity contribution < 1.29 is 23.5 Å². The Morgan fingerprint density at radius 3 is 2.48 bits per heavy atom. The first-order valence-electron chi connectivity index (χ1n) is 9.29. The number of carboxylic acid groups (broad SMARTS) is 1. The third-order valence-corrected chi connectivity index (χ3v) is 5.58. The van der Waals surface area contributed by atoms with Gasteiger partial charge in [-0.25, -0.2) is 13.6 Å². The number of likely N-dealkylation sites (N-methyl/N-ethyl adjacent to an activating group) is 1. The van der Waals surface area contributed by atoms with E-state index >= 15 is 8.78 Å². The molecule has 1 aliphatic carbocycles. The van der Waals surface area contributed by atoms with Gasteiger partial charge in [-0.05, 0) is 12.8 Å². The van der Waals surface area contributed by atoms with Crippen LogP contribution in [0.2, 0.25) is 0 Å². The second kappa shape index (κ2) is 6.71. The molecular formula is C19H20F2N4O4. The normalized spacial score (nSPS) is 17.7. The minimum atomic E-state index is -1.48. The van der Waals surface area contributed by atoms with E-state index in [1.807, 2.05) is 0 Å². The topological polar surface area (TPSA) is 109 Å². The van der Waals surface area contributed by atoms with Gasteiger partial charge < -0.3 is 25.2 Å². The molecule has 0 atom stereocenters. The Kier molecular flexibility index (Phi) is 4.44. The maximum Gasteiger partial charge on any atom is 0.341 e. The zero-order chi connectivity index (χ0) is 21.0. The summed E-state index contributed by atoms with van der Waals surface area (Å²) in [4.78, 5) is 38.9. The monoisotopic (exact) mass is 406 g/mol. The van der Waals surface area contributed by atoms with Gasteiger partial charge in [0.05, 0.1) is 16.6 Å². The van der Waals surface area contributed by atoms with Gasteiger partial charge in [0.25, 0.3) is 0 Å². The molecule has 0 radical (unpaired) electrons. The van der Waals surface area contributed by atoms with Crippen LogP contribution >= 0.6 is 0 Å². The molecule has 2 fully saturated rings. The van der Waals surface area contributed by atoms with Gasteiger partial charge in [-0.2, -0.15) is 0 Å². The Labute approximate surface area is 164 Å². The van der Waals surface area contributed by atoms with Crippen molar-refractivity contribution in [1.82, 2.24) is 9.47 Å². The average Bonchev–Trinajstić information content (AvgIpc) is 3.52. The van der Waals surface area contributed by atoms with E-state index in [0.29, 0.717) is 12.8 Å². The van der Waals surface area contributed by atoms with Gasteiger partial charge in [-0.1, -0.05) is 0 Å². The van der Waals surface area contributed by atoms with E-state index in [4.69, 9.17) is 5.73 Å². The number of hydrogen-bond acceptors (Lipinski definition) is 5. The van der Waals surface area contributed by atoms with Gasteiger partial charge in [0.2, 0.25) is 11.3 Å². The van der Waals surface area contributed by atoms with Crippen LogP contribution in [-0.4, -0.2) is 53.1 Å². The highest BCUT2D eigenvalue weighted by atomic mass is 19.1. The maximum absolute atomic E-state index is 15.6. The van der Waals surface area contributed by atoms with Gasteiger partial charge in [0, 0.05) is 45.3 Å². The second-order valence-corrected chi connectivity index (χ2v) is 7.48. The van der Waals surface area contributed by atoms with E-state index < -0.39 is 45.4 Å². The van der Waals surface area contributed by atoms with Crippen molar-refractivity contribution >= 4 is 34.2 Å². The van der Waals surface area contributed by atoms with E-state index in [0.717, 1.165) is 6.20 Å². The molecular weight excluding hydrogens is 386 g/mol. The molecule has 0 unspecified atom stereocenters. The first kappa shape index (κ1) is 19.2. The molecule has 8 nitrogen and oxygen atoms in total. The summed E-state index contributed by atoms with van der Waals surface area (Å²) in [6, 6.07) is -0.180. The fraction of sp³-hybridized carbons (Fsp3) is 0.421. The van der Waals surface area contributed by atoms with Crippen LogP contribution < -0.4 is 16.1 Å². The summed E-state index contributed by atoms with van der Waals surface area (Å²) in [6.07, 6.45) is 2.56. The molecule has 2 heterocycles. The largest absolute Gasteiger partial charge is 0.477 e. The van der Waals surface area contributed by atoms with Gasteiger partial charge >= 0.3 is 5.97 Å². The number of carboxylic acids is 1. The highest BCUT2D eigenvalue weighted by Crippen LogP contribution is 2.41. The molecule has 1 amide bonds. The Balaban J connectivity index is 2.00.